The van der Waals surface area contributed by atoms with E-state index in [0.717, 1.165) is 50.2 Å². The number of aryl methyl sites for hydroxylation is 1. The van der Waals surface area contributed by atoms with Gasteiger partial charge in [-0.2, -0.15) is 0 Å². The fourth-order valence-corrected chi connectivity index (χ4v) is 2.69. The van der Waals surface area contributed by atoms with Crippen molar-refractivity contribution in [1.29, 1.82) is 0 Å². The zero-order valence-electron chi connectivity index (χ0n) is 13.3. The maximum atomic E-state index is 12.6. The van der Waals surface area contributed by atoms with Crippen LogP contribution in [0.5, 0.6) is 5.75 Å². The summed E-state index contributed by atoms with van der Waals surface area (Å²) in [5.41, 5.74) is 6.90. The van der Waals surface area contributed by atoms with Gasteiger partial charge in [0.25, 0.3) is 5.91 Å². The lowest BCUT2D eigenvalue weighted by Crippen LogP contribution is -2.52. The molecule has 4 nitrogen and oxygen atoms in total. The molecule has 0 saturated carbocycles. The number of unbranched alkanes of at least 4 members (excludes halogenated alkanes) is 1. The average molecular weight is 290 g/mol. The predicted molar refractivity (Wildman–Crippen MR) is 85.8 cm³/mol. The van der Waals surface area contributed by atoms with Gasteiger partial charge in [-0.05, 0) is 63.8 Å². The second kappa shape index (κ2) is 6.48. The number of nitrogens with zero attached hydrogens (tertiary/aromatic N) is 1. The fraction of sp³-hybridized carbons (Fsp3) is 0.588. The molecule has 4 heteroatoms. The highest BCUT2D eigenvalue weighted by atomic mass is 16.5. The molecule has 0 bridgehead atoms. The number of anilines is 1. The van der Waals surface area contributed by atoms with Crippen molar-refractivity contribution >= 4 is 11.6 Å². The Hall–Kier alpha value is -1.55. The molecular weight excluding hydrogens is 264 g/mol. The minimum absolute atomic E-state index is 0.0379. The van der Waals surface area contributed by atoms with Crippen LogP contribution in [0.25, 0.3) is 0 Å². The number of nitrogens with two attached hydrogens (primary N) is 1. The van der Waals surface area contributed by atoms with Gasteiger partial charge in [0.1, 0.15) is 5.75 Å². The Morgan fingerprint density at radius 2 is 2.05 bits per heavy atom. The first kappa shape index (κ1) is 15.8. The molecule has 0 saturated heterocycles. The van der Waals surface area contributed by atoms with Crippen LogP contribution in [-0.4, -0.2) is 24.6 Å². The quantitative estimate of drug-likeness (QED) is 0.820. The molecule has 0 fully saturated rings. The van der Waals surface area contributed by atoms with Gasteiger partial charge in [-0.25, -0.2) is 0 Å². The van der Waals surface area contributed by atoms with E-state index in [1.165, 1.54) is 5.56 Å². The molecule has 0 aromatic heterocycles. The Kier molecular flexibility index (Phi) is 4.88. The summed E-state index contributed by atoms with van der Waals surface area (Å²) in [4.78, 5) is 14.4. The lowest BCUT2D eigenvalue weighted by atomic mass is 10.0. The Labute approximate surface area is 127 Å². The zero-order valence-corrected chi connectivity index (χ0v) is 13.3. The van der Waals surface area contributed by atoms with Gasteiger partial charge in [0.05, 0.1) is 5.69 Å². The average Bonchev–Trinajstić information content (AvgIpc) is 2.44. The van der Waals surface area contributed by atoms with Crippen LogP contribution in [0.2, 0.25) is 0 Å². The molecule has 0 unspecified atom stereocenters. The third kappa shape index (κ3) is 3.38. The van der Waals surface area contributed by atoms with E-state index >= 15 is 0 Å². The van der Waals surface area contributed by atoms with Crippen LogP contribution in [-0.2, 0) is 11.2 Å². The molecule has 1 aliphatic rings. The van der Waals surface area contributed by atoms with Gasteiger partial charge < -0.3 is 15.4 Å². The first-order chi connectivity index (χ1) is 9.99. The van der Waals surface area contributed by atoms with Gasteiger partial charge in [0, 0.05) is 6.54 Å². The number of carbonyl (C=O) groups is 1. The number of ether oxygens (including phenoxy) is 1. The molecule has 2 N–H and O–H groups in total. The van der Waals surface area contributed by atoms with Crippen molar-refractivity contribution in [2.24, 2.45) is 5.73 Å². The number of amides is 1. The van der Waals surface area contributed by atoms with Crippen molar-refractivity contribution in [1.82, 2.24) is 0 Å². The Morgan fingerprint density at radius 3 is 2.71 bits per heavy atom. The molecule has 0 aliphatic carbocycles. The van der Waals surface area contributed by atoms with Crippen LogP contribution in [0.1, 0.15) is 45.6 Å². The highest BCUT2D eigenvalue weighted by Gasteiger charge is 2.40. The molecule has 0 atom stereocenters. The monoisotopic (exact) mass is 290 g/mol. The van der Waals surface area contributed by atoms with Gasteiger partial charge in [-0.15, -0.1) is 0 Å². The minimum atomic E-state index is -0.788. The molecule has 1 amide bonds. The van der Waals surface area contributed by atoms with E-state index in [-0.39, 0.29) is 5.91 Å². The Bertz CT molecular complexity index is 512. The Morgan fingerprint density at radius 1 is 1.29 bits per heavy atom. The van der Waals surface area contributed by atoms with Gasteiger partial charge >= 0.3 is 0 Å². The molecule has 21 heavy (non-hydrogen) atoms. The first-order valence-electron chi connectivity index (χ1n) is 7.83. The summed E-state index contributed by atoms with van der Waals surface area (Å²) in [6.07, 6.45) is 4.02. The number of fused-ring (bicyclic) bond motifs is 1. The van der Waals surface area contributed by atoms with Crippen molar-refractivity contribution < 1.29 is 9.53 Å². The van der Waals surface area contributed by atoms with Crippen LogP contribution >= 0.6 is 0 Å². The molecule has 1 aromatic carbocycles. The molecular formula is C17H26N2O2. The van der Waals surface area contributed by atoms with E-state index in [0.29, 0.717) is 0 Å². The predicted octanol–water partition coefficient (Wildman–Crippen LogP) is 2.88. The maximum Gasteiger partial charge on any atom is 0.270 e. The summed E-state index contributed by atoms with van der Waals surface area (Å²) in [6.45, 7) is 7.19. The summed E-state index contributed by atoms with van der Waals surface area (Å²) in [6, 6.07) is 6.17. The van der Waals surface area contributed by atoms with Crippen LogP contribution < -0.4 is 15.4 Å². The van der Waals surface area contributed by atoms with Gasteiger partial charge in [-0.1, -0.05) is 13.0 Å². The van der Waals surface area contributed by atoms with E-state index in [4.69, 9.17) is 10.5 Å². The van der Waals surface area contributed by atoms with Crippen LogP contribution in [0.3, 0.4) is 0 Å². The molecule has 2 rings (SSSR count). The van der Waals surface area contributed by atoms with Crippen molar-refractivity contribution in [3.63, 3.8) is 0 Å². The number of hydrogen-bond acceptors (Lipinski definition) is 3. The fourth-order valence-electron chi connectivity index (χ4n) is 2.69. The number of rotatable bonds is 6. The molecule has 1 heterocycles. The molecule has 0 spiro atoms. The first-order valence-corrected chi connectivity index (χ1v) is 7.83. The van der Waals surface area contributed by atoms with Gasteiger partial charge in [0.15, 0.2) is 5.60 Å². The third-order valence-corrected chi connectivity index (χ3v) is 3.81. The zero-order chi connectivity index (χ0) is 15.5. The highest BCUT2D eigenvalue weighted by Crippen LogP contribution is 2.38. The van der Waals surface area contributed by atoms with Gasteiger partial charge in [-0.3, -0.25) is 4.79 Å². The largest absolute Gasteiger partial charge is 0.476 e. The van der Waals surface area contributed by atoms with Crippen molar-refractivity contribution in [3.8, 4) is 5.75 Å². The summed E-state index contributed by atoms with van der Waals surface area (Å²) >= 11 is 0. The second-order valence-electron chi connectivity index (χ2n) is 6.12. The maximum absolute atomic E-state index is 12.6. The lowest BCUT2D eigenvalue weighted by molar-refractivity contribution is -0.132. The third-order valence-electron chi connectivity index (χ3n) is 3.81. The van der Waals surface area contributed by atoms with E-state index in [1.54, 1.807) is 0 Å². The number of carbonyl (C=O) groups excluding carboxylic acids is 1. The van der Waals surface area contributed by atoms with Crippen molar-refractivity contribution in [3.05, 3.63) is 23.8 Å². The number of hydrogen-bond donors (Lipinski definition) is 1. The summed E-state index contributed by atoms with van der Waals surface area (Å²) in [5, 5.41) is 0. The standard InChI is InChI=1S/C17H26N2O2/c1-4-11-19-14-12-13(7-5-6-10-18)8-9-15(14)21-17(2,3)16(19)20/h8-9,12H,4-7,10-11,18H2,1-3H3. The second-order valence-corrected chi connectivity index (χ2v) is 6.12. The van der Waals surface area contributed by atoms with Crippen LogP contribution in [0.15, 0.2) is 18.2 Å². The van der Waals surface area contributed by atoms with Crippen LogP contribution in [0.4, 0.5) is 5.69 Å². The number of benzene rings is 1. The van der Waals surface area contributed by atoms with Gasteiger partial charge in [0.2, 0.25) is 0 Å². The summed E-state index contributed by atoms with van der Waals surface area (Å²) in [7, 11) is 0. The Balaban J connectivity index is 2.29. The molecule has 1 aromatic rings. The van der Waals surface area contributed by atoms with E-state index in [9.17, 15) is 4.79 Å². The topological polar surface area (TPSA) is 55.6 Å². The molecule has 1 aliphatic heterocycles. The minimum Gasteiger partial charge on any atom is -0.476 e. The van der Waals surface area contributed by atoms with E-state index in [2.05, 4.69) is 19.1 Å². The highest BCUT2D eigenvalue weighted by molar-refractivity contribution is 6.02. The lowest BCUT2D eigenvalue weighted by Gasteiger charge is -2.39. The van der Waals surface area contributed by atoms with Crippen molar-refractivity contribution in [2.45, 2.75) is 52.1 Å². The van der Waals surface area contributed by atoms with Crippen LogP contribution in [0, 0.1) is 0 Å². The normalized spacial score (nSPS) is 16.6. The summed E-state index contributed by atoms with van der Waals surface area (Å²) < 4.78 is 5.88. The van der Waals surface area contributed by atoms with E-state index in [1.807, 2.05) is 24.8 Å². The van der Waals surface area contributed by atoms with E-state index < -0.39 is 5.60 Å². The SMILES string of the molecule is CCCN1C(=O)C(C)(C)Oc2ccc(CCCCN)cc21. The molecule has 0 radical (unpaired) electrons. The van der Waals surface area contributed by atoms with Crippen molar-refractivity contribution in [2.75, 3.05) is 18.0 Å². The smallest absolute Gasteiger partial charge is 0.270 e. The summed E-state index contributed by atoms with van der Waals surface area (Å²) in [5.74, 6) is 0.839. The molecule has 116 valence electrons.